The van der Waals surface area contributed by atoms with Gasteiger partial charge in [-0.1, -0.05) is 60.7 Å². The zero-order valence-corrected chi connectivity index (χ0v) is 21.1. The molecule has 0 aliphatic rings. The van der Waals surface area contributed by atoms with E-state index in [9.17, 15) is 13.2 Å². The molecule has 3 aromatic carbocycles. The Kier molecular flexibility index (Phi) is 8.86. The Morgan fingerprint density at radius 3 is 2.43 bits per heavy atom. The second kappa shape index (κ2) is 12.5. The molecule has 1 heterocycles. The van der Waals surface area contributed by atoms with Gasteiger partial charge in [-0.3, -0.25) is 14.9 Å². The van der Waals surface area contributed by atoms with E-state index in [2.05, 4.69) is 26.7 Å². The third-order valence-electron chi connectivity index (χ3n) is 6.07. The van der Waals surface area contributed by atoms with Crippen LogP contribution in [0.2, 0.25) is 0 Å². The average Bonchev–Trinajstić information content (AvgIpc) is 3.34. The van der Waals surface area contributed by atoms with E-state index in [1.54, 1.807) is 41.9 Å². The van der Waals surface area contributed by atoms with E-state index < -0.39 is 15.9 Å². The van der Waals surface area contributed by atoms with Crippen molar-refractivity contribution in [1.29, 1.82) is 0 Å². The van der Waals surface area contributed by atoms with Gasteiger partial charge in [-0.2, -0.15) is 0 Å². The van der Waals surface area contributed by atoms with Crippen LogP contribution < -0.4 is 10.2 Å². The molecular formula is C28H30N4O4S. The van der Waals surface area contributed by atoms with Crippen LogP contribution in [-0.2, 0) is 27.8 Å². The summed E-state index contributed by atoms with van der Waals surface area (Å²) >= 11 is 0. The minimum atomic E-state index is -3.58. The Hall–Kier alpha value is -3.76. The molecule has 0 aliphatic heterocycles. The van der Waals surface area contributed by atoms with Crippen LogP contribution in [0.3, 0.4) is 0 Å². The number of sulfonamides is 1. The SMILES string of the molecule is O=C(C=Cc1ccc(CN(CCNS(=O)(=O)c2ccccc2)CCc2c[nH]c3ccccc23)cc1)NO. The summed E-state index contributed by atoms with van der Waals surface area (Å²) in [7, 11) is -3.58. The lowest BCUT2D eigenvalue weighted by Gasteiger charge is -2.23. The lowest BCUT2D eigenvalue weighted by Crippen LogP contribution is -2.35. The normalized spacial score (nSPS) is 11.9. The number of hydroxylamine groups is 1. The van der Waals surface area contributed by atoms with Gasteiger partial charge < -0.3 is 4.98 Å². The molecule has 0 fully saturated rings. The molecule has 1 amide bonds. The van der Waals surface area contributed by atoms with Crippen LogP contribution in [0.1, 0.15) is 16.7 Å². The number of hydrogen-bond donors (Lipinski definition) is 4. The topological polar surface area (TPSA) is 115 Å². The molecule has 192 valence electrons. The third kappa shape index (κ3) is 7.37. The molecule has 0 unspecified atom stereocenters. The van der Waals surface area contributed by atoms with Crippen molar-refractivity contribution >= 4 is 32.9 Å². The van der Waals surface area contributed by atoms with Gasteiger partial charge in [-0.15, -0.1) is 0 Å². The van der Waals surface area contributed by atoms with E-state index in [1.165, 1.54) is 17.0 Å². The van der Waals surface area contributed by atoms with Crippen molar-refractivity contribution in [3.8, 4) is 0 Å². The number of rotatable bonds is 12. The Balaban J connectivity index is 1.43. The summed E-state index contributed by atoms with van der Waals surface area (Å²) in [6, 6.07) is 24.3. The lowest BCUT2D eigenvalue weighted by molar-refractivity contribution is -0.124. The lowest BCUT2D eigenvalue weighted by atomic mass is 10.1. The summed E-state index contributed by atoms with van der Waals surface area (Å²) in [5, 5.41) is 9.81. The van der Waals surface area contributed by atoms with Gasteiger partial charge in [0.05, 0.1) is 4.90 Å². The second-order valence-corrected chi connectivity index (χ2v) is 10.4. The third-order valence-corrected chi connectivity index (χ3v) is 7.55. The summed E-state index contributed by atoms with van der Waals surface area (Å²) < 4.78 is 28.0. The molecule has 0 aliphatic carbocycles. The highest BCUT2D eigenvalue weighted by Crippen LogP contribution is 2.19. The highest BCUT2D eigenvalue weighted by molar-refractivity contribution is 7.89. The van der Waals surface area contributed by atoms with Crippen molar-refractivity contribution in [2.45, 2.75) is 17.9 Å². The van der Waals surface area contributed by atoms with Crippen molar-refractivity contribution < 1.29 is 18.4 Å². The van der Waals surface area contributed by atoms with Crippen molar-refractivity contribution in [3.63, 3.8) is 0 Å². The Morgan fingerprint density at radius 2 is 1.68 bits per heavy atom. The summed E-state index contributed by atoms with van der Waals surface area (Å²) in [5.41, 5.74) is 5.77. The molecule has 0 bridgehead atoms. The molecule has 4 aromatic rings. The molecule has 1 aromatic heterocycles. The number of nitrogens with one attached hydrogen (secondary N) is 3. The van der Waals surface area contributed by atoms with Crippen LogP contribution >= 0.6 is 0 Å². The summed E-state index contributed by atoms with van der Waals surface area (Å²) in [5.74, 6) is -0.592. The van der Waals surface area contributed by atoms with Gasteiger partial charge in [0.25, 0.3) is 5.91 Å². The van der Waals surface area contributed by atoms with E-state index in [0.717, 1.165) is 29.6 Å². The number of aromatic nitrogens is 1. The molecule has 0 atom stereocenters. The molecule has 0 saturated carbocycles. The number of carbonyl (C=O) groups is 1. The number of para-hydroxylation sites is 1. The highest BCUT2D eigenvalue weighted by Gasteiger charge is 2.14. The van der Waals surface area contributed by atoms with E-state index >= 15 is 0 Å². The van der Waals surface area contributed by atoms with Crippen LogP contribution in [0.4, 0.5) is 0 Å². The largest absolute Gasteiger partial charge is 0.361 e. The molecular weight excluding hydrogens is 488 g/mol. The van der Waals surface area contributed by atoms with Crippen molar-refractivity contribution in [2.75, 3.05) is 19.6 Å². The number of benzene rings is 3. The smallest absolute Gasteiger partial charge is 0.267 e. The summed E-state index contributed by atoms with van der Waals surface area (Å²) in [6.07, 6.45) is 5.71. The predicted octanol–water partition coefficient (Wildman–Crippen LogP) is 3.71. The molecule has 8 nitrogen and oxygen atoms in total. The van der Waals surface area contributed by atoms with Gasteiger partial charge in [-0.05, 0) is 47.4 Å². The molecule has 4 rings (SSSR count). The number of nitrogens with zero attached hydrogens (tertiary/aromatic N) is 1. The van der Waals surface area contributed by atoms with Gasteiger partial charge >= 0.3 is 0 Å². The maximum absolute atomic E-state index is 12.6. The minimum Gasteiger partial charge on any atom is -0.361 e. The van der Waals surface area contributed by atoms with E-state index in [0.29, 0.717) is 13.1 Å². The fourth-order valence-electron chi connectivity index (χ4n) is 4.11. The van der Waals surface area contributed by atoms with Crippen molar-refractivity contribution in [3.05, 3.63) is 108 Å². The van der Waals surface area contributed by atoms with E-state index in [-0.39, 0.29) is 11.4 Å². The zero-order chi connectivity index (χ0) is 26.1. The monoisotopic (exact) mass is 518 g/mol. The average molecular weight is 519 g/mol. The van der Waals surface area contributed by atoms with Crippen molar-refractivity contribution in [2.24, 2.45) is 0 Å². The molecule has 0 saturated heterocycles. The van der Waals surface area contributed by atoms with Gasteiger partial charge in [0.2, 0.25) is 10.0 Å². The standard InChI is InChI=1S/C28H30N4O4S/c33-28(31-34)15-14-22-10-12-23(13-11-22)21-32(18-16-24-20-29-27-9-5-4-8-26(24)27)19-17-30-37(35,36)25-6-2-1-3-7-25/h1-15,20,29-30,34H,16-19,21H2,(H,31,33). The summed E-state index contributed by atoms with van der Waals surface area (Å²) in [6.45, 7) is 2.19. The molecule has 0 spiro atoms. The van der Waals surface area contributed by atoms with Crippen LogP contribution in [0.25, 0.3) is 17.0 Å². The number of hydrogen-bond acceptors (Lipinski definition) is 5. The first-order valence-electron chi connectivity index (χ1n) is 12.0. The van der Waals surface area contributed by atoms with E-state index in [4.69, 9.17) is 5.21 Å². The van der Waals surface area contributed by atoms with Crippen LogP contribution in [0.5, 0.6) is 0 Å². The number of carbonyl (C=O) groups excluding carboxylic acids is 1. The maximum atomic E-state index is 12.6. The molecule has 9 heteroatoms. The first kappa shape index (κ1) is 26.3. The predicted molar refractivity (Wildman–Crippen MR) is 144 cm³/mol. The van der Waals surface area contributed by atoms with Gasteiger partial charge in [-0.25, -0.2) is 18.6 Å². The maximum Gasteiger partial charge on any atom is 0.267 e. The number of amides is 1. The molecule has 0 radical (unpaired) electrons. The number of aromatic amines is 1. The number of fused-ring (bicyclic) bond motifs is 1. The van der Waals surface area contributed by atoms with Gasteiger partial charge in [0.15, 0.2) is 0 Å². The fraction of sp³-hybridized carbons (Fsp3) is 0.179. The molecule has 37 heavy (non-hydrogen) atoms. The Morgan fingerprint density at radius 1 is 0.946 bits per heavy atom. The van der Waals surface area contributed by atoms with Crippen LogP contribution in [-0.4, -0.2) is 49.1 Å². The van der Waals surface area contributed by atoms with Crippen molar-refractivity contribution in [1.82, 2.24) is 20.1 Å². The Bertz CT molecular complexity index is 1450. The van der Waals surface area contributed by atoms with Crippen LogP contribution in [0.15, 0.2) is 96.0 Å². The Labute approximate surface area is 216 Å². The molecule has 4 N–H and O–H groups in total. The first-order valence-corrected chi connectivity index (χ1v) is 13.5. The zero-order valence-electron chi connectivity index (χ0n) is 20.3. The van der Waals surface area contributed by atoms with Crippen LogP contribution in [0, 0.1) is 0 Å². The van der Waals surface area contributed by atoms with E-state index in [1.807, 2.05) is 42.6 Å². The quantitative estimate of drug-likeness (QED) is 0.130. The fourth-order valence-corrected chi connectivity index (χ4v) is 5.15. The summed E-state index contributed by atoms with van der Waals surface area (Å²) in [4.78, 5) is 17.0. The van der Waals surface area contributed by atoms with Gasteiger partial charge in [0.1, 0.15) is 0 Å². The highest BCUT2D eigenvalue weighted by atomic mass is 32.2. The second-order valence-electron chi connectivity index (χ2n) is 8.65. The minimum absolute atomic E-state index is 0.249. The number of H-pyrrole nitrogens is 1. The first-order chi connectivity index (χ1) is 17.9. The van der Waals surface area contributed by atoms with Gasteiger partial charge in [0, 0.05) is 49.4 Å².